The average Bonchev–Trinajstić information content (AvgIpc) is 2.16. The van der Waals surface area contributed by atoms with Gasteiger partial charge in [0, 0.05) is 5.02 Å². The van der Waals surface area contributed by atoms with Crippen molar-refractivity contribution in [1.29, 1.82) is 0 Å². The molecule has 1 aromatic carbocycles. The Balaban J connectivity index is 2.58. The minimum atomic E-state index is 0.573. The van der Waals surface area contributed by atoms with Crippen LogP contribution in [-0.4, -0.2) is 6.54 Å². The Labute approximate surface area is 97.6 Å². The predicted octanol–water partition coefficient (Wildman–Crippen LogP) is 3.50. The highest BCUT2D eigenvalue weighted by atomic mass is 35.5. The van der Waals surface area contributed by atoms with Gasteiger partial charge in [0.25, 0.3) is 0 Å². The third-order valence-corrected chi connectivity index (χ3v) is 2.79. The highest BCUT2D eigenvalue weighted by Crippen LogP contribution is 2.18. The van der Waals surface area contributed by atoms with Crippen molar-refractivity contribution in [3.05, 3.63) is 34.9 Å². The fourth-order valence-electron chi connectivity index (χ4n) is 1.93. The maximum atomic E-state index is 5.95. The second-order valence-corrected chi connectivity index (χ2v) is 5.00. The van der Waals surface area contributed by atoms with Crippen molar-refractivity contribution in [2.75, 3.05) is 6.54 Å². The van der Waals surface area contributed by atoms with Crippen LogP contribution in [0.2, 0.25) is 5.02 Å². The van der Waals surface area contributed by atoms with Crippen molar-refractivity contribution in [3.8, 4) is 0 Å². The molecule has 0 amide bonds. The lowest BCUT2D eigenvalue weighted by Crippen LogP contribution is -2.18. The molecule has 0 aromatic heterocycles. The molecule has 84 valence electrons. The molecule has 0 spiro atoms. The first kappa shape index (κ1) is 12.5. The van der Waals surface area contributed by atoms with Crippen LogP contribution in [0.15, 0.2) is 24.3 Å². The molecule has 15 heavy (non-hydrogen) atoms. The van der Waals surface area contributed by atoms with Gasteiger partial charge in [0.1, 0.15) is 0 Å². The largest absolute Gasteiger partial charge is 0.330 e. The van der Waals surface area contributed by atoms with Crippen LogP contribution >= 0.6 is 11.6 Å². The van der Waals surface area contributed by atoms with Gasteiger partial charge in [-0.3, -0.25) is 0 Å². The normalized spacial score (nSPS) is 13.1. The molecule has 1 unspecified atom stereocenters. The topological polar surface area (TPSA) is 26.0 Å². The van der Waals surface area contributed by atoms with Crippen molar-refractivity contribution in [2.24, 2.45) is 17.6 Å². The molecule has 1 rings (SSSR count). The first-order chi connectivity index (χ1) is 7.11. The second-order valence-electron chi connectivity index (χ2n) is 4.57. The van der Waals surface area contributed by atoms with Gasteiger partial charge < -0.3 is 5.73 Å². The molecule has 0 bridgehead atoms. The lowest BCUT2D eigenvalue weighted by atomic mass is 9.91. The third kappa shape index (κ3) is 4.67. The van der Waals surface area contributed by atoms with Crippen molar-refractivity contribution in [1.82, 2.24) is 0 Å². The van der Waals surface area contributed by atoms with Crippen molar-refractivity contribution < 1.29 is 0 Å². The fourth-order valence-corrected chi connectivity index (χ4v) is 2.14. The maximum Gasteiger partial charge on any atom is 0.0408 e. The molecule has 0 aliphatic heterocycles. The summed E-state index contributed by atoms with van der Waals surface area (Å²) in [5, 5.41) is 0.813. The highest BCUT2D eigenvalue weighted by Gasteiger charge is 2.10. The van der Waals surface area contributed by atoms with E-state index in [2.05, 4.69) is 19.9 Å². The van der Waals surface area contributed by atoms with E-state index in [-0.39, 0.29) is 0 Å². The van der Waals surface area contributed by atoms with Crippen LogP contribution in [0.3, 0.4) is 0 Å². The lowest BCUT2D eigenvalue weighted by molar-refractivity contribution is 0.415. The van der Waals surface area contributed by atoms with Crippen LogP contribution in [0, 0.1) is 11.8 Å². The van der Waals surface area contributed by atoms with Gasteiger partial charge in [0.15, 0.2) is 0 Å². The molecule has 1 nitrogen and oxygen atoms in total. The Morgan fingerprint density at radius 2 is 2.07 bits per heavy atom. The summed E-state index contributed by atoms with van der Waals surface area (Å²) in [7, 11) is 0. The van der Waals surface area contributed by atoms with Crippen LogP contribution in [0.25, 0.3) is 0 Å². The van der Waals surface area contributed by atoms with E-state index in [0.29, 0.717) is 11.8 Å². The van der Waals surface area contributed by atoms with Crippen molar-refractivity contribution >= 4 is 11.6 Å². The van der Waals surface area contributed by atoms with Crippen LogP contribution in [0.1, 0.15) is 25.8 Å². The molecule has 0 aliphatic carbocycles. The molecule has 0 radical (unpaired) electrons. The lowest BCUT2D eigenvalue weighted by Gasteiger charge is -2.17. The summed E-state index contributed by atoms with van der Waals surface area (Å²) in [5.41, 5.74) is 7.06. The maximum absolute atomic E-state index is 5.95. The Morgan fingerprint density at radius 1 is 1.33 bits per heavy atom. The molecule has 0 heterocycles. The molecule has 0 aliphatic rings. The van der Waals surface area contributed by atoms with E-state index in [1.807, 2.05) is 18.2 Å². The van der Waals surface area contributed by atoms with Gasteiger partial charge in [-0.05, 0) is 48.9 Å². The quantitative estimate of drug-likeness (QED) is 0.816. The van der Waals surface area contributed by atoms with Crippen LogP contribution in [0.4, 0.5) is 0 Å². The number of rotatable bonds is 5. The van der Waals surface area contributed by atoms with Gasteiger partial charge in [-0.2, -0.15) is 0 Å². The predicted molar refractivity (Wildman–Crippen MR) is 67.2 cm³/mol. The SMILES string of the molecule is CC(C)CC(CN)Cc1cccc(Cl)c1. The van der Waals surface area contributed by atoms with E-state index in [9.17, 15) is 0 Å². The van der Waals surface area contributed by atoms with Crippen LogP contribution in [0.5, 0.6) is 0 Å². The number of nitrogens with two attached hydrogens (primary N) is 1. The van der Waals surface area contributed by atoms with E-state index in [1.165, 1.54) is 12.0 Å². The number of benzene rings is 1. The zero-order chi connectivity index (χ0) is 11.3. The van der Waals surface area contributed by atoms with Crippen molar-refractivity contribution in [2.45, 2.75) is 26.7 Å². The summed E-state index contributed by atoms with van der Waals surface area (Å²) >= 11 is 5.95. The molecule has 0 saturated carbocycles. The van der Waals surface area contributed by atoms with Crippen LogP contribution < -0.4 is 5.73 Å². The van der Waals surface area contributed by atoms with E-state index >= 15 is 0 Å². The first-order valence-electron chi connectivity index (χ1n) is 5.56. The number of hydrogen-bond donors (Lipinski definition) is 1. The van der Waals surface area contributed by atoms with E-state index in [1.54, 1.807) is 0 Å². The molecule has 1 aromatic rings. The molecule has 2 N–H and O–H groups in total. The molecule has 0 saturated heterocycles. The summed E-state index contributed by atoms with van der Waals surface area (Å²) in [4.78, 5) is 0. The zero-order valence-corrected chi connectivity index (χ0v) is 10.3. The van der Waals surface area contributed by atoms with Gasteiger partial charge in [-0.1, -0.05) is 37.6 Å². The smallest absolute Gasteiger partial charge is 0.0408 e. The van der Waals surface area contributed by atoms with Gasteiger partial charge in [-0.15, -0.1) is 0 Å². The summed E-state index contributed by atoms with van der Waals surface area (Å²) in [6, 6.07) is 8.06. The minimum Gasteiger partial charge on any atom is -0.330 e. The average molecular weight is 226 g/mol. The Bertz CT molecular complexity index is 296. The van der Waals surface area contributed by atoms with Crippen molar-refractivity contribution in [3.63, 3.8) is 0 Å². The molecule has 2 heteroatoms. The molecule has 0 fully saturated rings. The zero-order valence-electron chi connectivity index (χ0n) is 9.54. The molecular formula is C13H20ClN. The Kier molecular flexibility index (Phi) is 5.13. The van der Waals surface area contributed by atoms with E-state index < -0.39 is 0 Å². The third-order valence-electron chi connectivity index (χ3n) is 2.55. The first-order valence-corrected chi connectivity index (χ1v) is 5.94. The summed E-state index contributed by atoms with van der Waals surface area (Å²) in [5.74, 6) is 1.28. The molecule has 1 atom stereocenters. The fraction of sp³-hybridized carbons (Fsp3) is 0.538. The summed E-state index contributed by atoms with van der Waals surface area (Å²) in [6.07, 6.45) is 2.22. The van der Waals surface area contributed by atoms with Gasteiger partial charge in [-0.25, -0.2) is 0 Å². The van der Waals surface area contributed by atoms with E-state index in [0.717, 1.165) is 18.0 Å². The Hall–Kier alpha value is -0.530. The molecular weight excluding hydrogens is 206 g/mol. The Morgan fingerprint density at radius 3 is 2.60 bits per heavy atom. The van der Waals surface area contributed by atoms with Gasteiger partial charge in [0.2, 0.25) is 0 Å². The number of hydrogen-bond acceptors (Lipinski definition) is 1. The number of halogens is 1. The van der Waals surface area contributed by atoms with Crippen LogP contribution in [-0.2, 0) is 6.42 Å². The van der Waals surface area contributed by atoms with Gasteiger partial charge >= 0.3 is 0 Å². The summed E-state index contributed by atoms with van der Waals surface area (Å²) < 4.78 is 0. The highest BCUT2D eigenvalue weighted by molar-refractivity contribution is 6.30. The van der Waals surface area contributed by atoms with E-state index in [4.69, 9.17) is 17.3 Å². The summed E-state index contributed by atoms with van der Waals surface area (Å²) in [6.45, 7) is 5.23. The second kappa shape index (κ2) is 6.14. The standard InChI is InChI=1S/C13H20ClN/c1-10(2)6-12(9-15)7-11-4-3-5-13(14)8-11/h3-5,8,10,12H,6-7,9,15H2,1-2H3. The monoisotopic (exact) mass is 225 g/mol. The van der Waals surface area contributed by atoms with Gasteiger partial charge in [0.05, 0.1) is 0 Å². The minimum absolute atomic E-state index is 0.573.